The zero-order valence-corrected chi connectivity index (χ0v) is 12.7. The van der Waals surface area contributed by atoms with Crippen LogP contribution in [0, 0.1) is 5.92 Å². The van der Waals surface area contributed by atoms with E-state index in [0.29, 0.717) is 43.2 Å². The van der Waals surface area contributed by atoms with Crippen LogP contribution in [0.2, 0.25) is 5.02 Å². The van der Waals surface area contributed by atoms with E-state index in [1.165, 1.54) is 0 Å². The van der Waals surface area contributed by atoms with Crippen LogP contribution in [-0.4, -0.2) is 36.6 Å². The molecule has 1 aromatic rings. The average molecular weight is 311 g/mol. The van der Waals surface area contributed by atoms with E-state index in [2.05, 4.69) is 5.32 Å². The molecule has 1 N–H and O–H groups in total. The van der Waals surface area contributed by atoms with Crippen molar-refractivity contribution in [1.82, 2.24) is 4.90 Å². The Bertz CT molecular complexity index is 513. The lowest BCUT2D eigenvalue weighted by molar-refractivity contribution is -0.121. The van der Waals surface area contributed by atoms with Gasteiger partial charge in [0.2, 0.25) is 5.91 Å². The Morgan fingerprint density at radius 3 is 2.71 bits per heavy atom. The molecule has 0 spiro atoms. The first-order chi connectivity index (χ1) is 10.1. The summed E-state index contributed by atoms with van der Waals surface area (Å²) in [6, 6.07) is 7.07. The van der Waals surface area contributed by atoms with Gasteiger partial charge in [0.05, 0.1) is 6.61 Å². The minimum absolute atomic E-state index is 0.0271. The van der Waals surface area contributed by atoms with Crippen molar-refractivity contribution in [2.75, 3.05) is 25.0 Å². The number of halogens is 1. The number of hydrogen-bond donors (Lipinski definition) is 1. The molecule has 1 aliphatic rings. The van der Waals surface area contributed by atoms with Gasteiger partial charge in [0.1, 0.15) is 0 Å². The Morgan fingerprint density at radius 2 is 2.10 bits per heavy atom. The summed E-state index contributed by atoms with van der Waals surface area (Å²) in [5.74, 6) is -0.115. The molecular formula is C15H19ClN2O3. The fraction of sp³-hybridized carbons (Fsp3) is 0.467. The van der Waals surface area contributed by atoms with Crippen molar-refractivity contribution >= 4 is 29.3 Å². The van der Waals surface area contributed by atoms with Crippen molar-refractivity contribution in [1.29, 1.82) is 0 Å². The van der Waals surface area contributed by atoms with Gasteiger partial charge in [-0.2, -0.15) is 0 Å². The first kappa shape index (κ1) is 15.6. The summed E-state index contributed by atoms with van der Waals surface area (Å²) in [6.07, 6.45) is 0.988. The van der Waals surface area contributed by atoms with Crippen LogP contribution in [0.15, 0.2) is 24.3 Å². The molecule has 5 nitrogen and oxygen atoms in total. The number of piperidine rings is 1. The van der Waals surface area contributed by atoms with Crippen molar-refractivity contribution < 1.29 is 14.3 Å². The highest BCUT2D eigenvalue weighted by molar-refractivity contribution is 6.30. The molecule has 1 aliphatic heterocycles. The van der Waals surface area contributed by atoms with Crippen LogP contribution in [0.4, 0.5) is 10.5 Å². The van der Waals surface area contributed by atoms with Gasteiger partial charge in [-0.15, -0.1) is 0 Å². The van der Waals surface area contributed by atoms with Crippen molar-refractivity contribution in [2.45, 2.75) is 19.8 Å². The van der Waals surface area contributed by atoms with Gasteiger partial charge in [-0.3, -0.25) is 4.79 Å². The number of carbonyl (C=O) groups excluding carboxylic acids is 2. The van der Waals surface area contributed by atoms with Gasteiger partial charge in [-0.1, -0.05) is 17.7 Å². The third kappa shape index (κ3) is 4.36. The van der Waals surface area contributed by atoms with Crippen LogP contribution in [0.1, 0.15) is 19.8 Å². The van der Waals surface area contributed by atoms with E-state index >= 15 is 0 Å². The Balaban J connectivity index is 1.84. The molecule has 0 aliphatic carbocycles. The summed E-state index contributed by atoms with van der Waals surface area (Å²) >= 11 is 5.89. The van der Waals surface area contributed by atoms with E-state index in [1.54, 1.807) is 36.1 Å². The number of nitrogens with one attached hydrogen (secondary N) is 1. The van der Waals surface area contributed by atoms with E-state index in [1.807, 2.05) is 0 Å². The van der Waals surface area contributed by atoms with Crippen molar-refractivity contribution in [3.8, 4) is 0 Å². The summed E-state index contributed by atoms with van der Waals surface area (Å²) in [7, 11) is 0. The number of carbonyl (C=O) groups is 2. The molecule has 2 rings (SSSR count). The Hall–Kier alpha value is -1.75. The minimum atomic E-state index is -0.300. The highest BCUT2D eigenvalue weighted by atomic mass is 35.5. The molecule has 1 heterocycles. The van der Waals surface area contributed by atoms with Gasteiger partial charge in [0, 0.05) is 29.7 Å². The molecule has 0 atom stereocenters. The number of amides is 2. The molecule has 6 heteroatoms. The quantitative estimate of drug-likeness (QED) is 0.933. The van der Waals surface area contributed by atoms with Crippen LogP contribution < -0.4 is 5.32 Å². The van der Waals surface area contributed by atoms with Crippen molar-refractivity contribution in [2.24, 2.45) is 5.92 Å². The van der Waals surface area contributed by atoms with Crippen molar-refractivity contribution in [3.63, 3.8) is 0 Å². The highest BCUT2D eigenvalue weighted by Crippen LogP contribution is 2.21. The fourth-order valence-electron chi connectivity index (χ4n) is 2.35. The summed E-state index contributed by atoms with van der Waals surface area (Å²) in [6.45, 7) is 3.25. The van der Waals surface area contributed by atoms with Crippen LogP contribution >= 0.6 is 11.6 Å². The molecular weight excluding hydrogens is 292 g/mol. The topological polar surface area (TPSA) is 58.6 Å². The Labute approximate surface area is 129 Å². The molecule has 1 fully saturated rings. The number of ether oxygens (including phenoxy) is 1. The standard InChI is InChI=1S/C15H19ClN2O3/c1-2-21-15(20)18-8-6-11(7-9-18)14(19)17-13-5-3-4-12(16)10-13/h3-5,10-11H,2,6-9H2,1H3,(H,17,19). The number of benzene rings is 1. The number of anilines is 1. The third-order valence-corrected chi connectivity index (χ3v) is 3.72. The largest absolute Gasteiger partial charge is 0.450 e. The SMILES string of the molecule is CCOC(=O)N1CCC(C(=O)Nc2cccc(Cl)c2)CC1. The molecule has 21 heavy (non-hydrogen) atoms. The summed E-state index contributed by atoms with van der Waals surface area (Å²) in [5, 5.41) is 3.45. The van der Waals surface area contributed by atoms with Crippen LogP contribution in [0.3, 0.4) is 0 Å². The highest BCUT2D eigenvalue weighted by Gasteiger charge is 2.27. The lowest BCUT2D eigenvalue weighted by Gasteiger charge is -2.30. The number of hydrogen-bond acceptors (Lipinski definition) is 3. The number of likely N-dealkylation sites (tertiary alicyclic amines) is 1. The number of rotatable bonds is 3. The molecule has 2 amide bonds. The maximum absolute atomic E-state index is 12.2. The van der Waals surface area contributed by atoms with Gasteiger partial charge >= 0.3 is 6.09 Å². The van der Waals surface area contributed by atoms with E-state index in [-0.39, 0.29) is 17.9 Å². The van der Waals surface area contributed by atoms with Gasteiger partial charge in [0.25, 0.3) is 0 Å². The van der Waals surface area contributed by atoms with Gasteiger partial charge < -0.3 is 15.0 Å². The first-order valence-electron chi connectivity index (χ1n) is 7.08. The molecule has 0 aromatic heterocycles. The predicted octanol–water partition coefficient (Wildman–Crippen LogP) is 3.15. The van der Waals surface area contributed by atoms with E-state index in [9.17, 15) is 9.59 Å². The summed E-state index contributed by atoms with van der Waals surface area (Å²) in [5.41, 5.74) is 0.695. The molecule has 114 valence electrons. The second kappa shape index (κ2) is 7.31. The maximum Gasteiger partial charge on any atom is 0.409 e. The second-order valence-electron chi connectivity index (χ2n) is 4.96. The monoisotopic (exact) mass is 310 g/mol. The Kier molecular flexibility index (Phi) is 5.44. The molecule has 0 radical (unpaired) electrons. The van der Waals surface area contributed by atoms with Crippen LogP contribution in [0.25, 0.3) is 0 Å². The molecule has 0 bridgehead atoms. The molecule has 0 saturated carbocycles. The van der Waals surface area contributed by atoms with Crippen LogP contribution in [0.5, 0.6) is 0 Å². The molecule has 1 aromatic carbocycles. The number of nitrogens with zero attached hydrogens (tertiary/aromatic N) is 1. The van der Waals surface area contributed by atoms with E-state index < -0.39 is 0 Å². The predicted molar refractivity (Wildman–Crippen MR) is 81.4 cm³/mol. The smallest absolute Gasteiger partial charge is 0.409 e. The summed E-state index contributed by atoms with van der Waals surface area (Å²) in [4.78, 5) is 25.4. The molecule has 0 unspecified atom stereocenters. The van der Waals surface area contributed by atoms with E-state index in [4.69, 9.17) is 16.3 Å². The Morgan fingerprint density at radius 1 is 1.38 bits per heavy atom. The lowest BCUT2D eigenvalue weighted by atomic mass is 9.96. The zero-order valence-electron chi connectivity index (χ0n) is 12.0. The summed E-state index contributed by atoms with van der Waals surface area (Å²) < 4.78 is 4.96. The van der Waals surface area contributed by atoms with Crippen molar-refractivity contribution in [3.05, 3.63) is 29.3 Å². The normalized spacial score (nSPS) is 15.6. The van der Waals surface area contributed by atoms with Gasteiger partial charge in [0.15, 0.2) is 0 Å². The minimum Gasteiger partial charge on any atom is -0.450 e. The maximum atomic E-state index is 12.2. The third-order valence-electron chi connectivity index (χ3n) is 3.48. The van der Waals surface area contributed by atoms with E-state index in [0.717, 1.165) is 0 Å². The fourth-order valence-corrected chi connectivity index (χ4v) is 2.54. The second-order valence-corrected chi connectivity index (χ2v) is 5.40. The molecule has 1 saturated heterocycles. The van der Waals surface area contributed by atoms with Crippen LogP contribution in [-0.2, 0) is 9.53 Å². The van der Waals surface area contributed by atoms with Gasteiger partial charge in [-0.25, -0.2) is 4.79 Å². The average Bonchev–Trinajstić information content (AvgIpc) is 2.47. The first-order valence-corrected chi connectivity index (χ1v) is 7.46. The zero-order chi connectivity index (χ0) is 15.2. The lowest BCUT2D eigenvalue weighted by Crippen LogP contribution is -2.41. The van der Waals surface area contributed by atoms with Gasteiger partial charge in [-0.05, 0) is 38.0 Å².